The summed E-state index contributed by atoms with van der Waals surface area (Å²) in [6.45, 7) is 3.66. The van der Waals surface area contributed by atoms with Crippen LogP contribution in [0.25, 0.3) is 0 Å². The van der Waals surface area contributed by atoms with E-state index in [1.54, 1.807) is 12.1 Å². The SMILES string of the molecule is Cc1cccc(Cl)c1NC(=O)C1N([C@@H](CO)Cc2ccccc2)C(=O)[C@@H]2[C@H](C(=O)NCc3ccccc3)[C@]3(C)CCC12O3. The number of amides is 3. The molecule has 3 aliphatic heterocycles. The molecule has 6 atom stereocenters. The normalized spacial score (nSPS) is 28.0. The van der Waals surface area contributed by atoms with Crippen molar-refractivity contribution < 1.29 is 24.2 Å². The summed E-state index contributed by atoms with van der Waals surface area (Å²) in [4.78, 5) is 44.2. The molecule has 6 rings (SSSR count). The topological polar surface area (TPSA) is 108 Å². The monoisotopic (exact) mass is 601 g/mol. The number of benzene rings is 3. The van der Waals surface area contributed by atoms with Crippen LogP contribution in [0.5, 0.6) is 0 Å². The van der Waals surface area contributed by atoms with Crippen LogP contribution in [0, 0.1) is 18.8 Å². The standard InChI is InChI=1S/C34H36ClN3O5/c1-21-10-9-15-25(35)28(21)37-31(41)29-34-17-16-33(2,43-34)26(30(40)36-19-23-13-7-4-8-14-23)27(34)32(42)38(29)24(20-39)18-22-11-5-3-6-12-22/h3-15,24,26-27,29,39H,16-20H2,1-2H3,(H,36,40)(H,37,41)/t24-,26-,27+,29?,33+,34?/m1/s1. The first-order chi connectivity index (χ1) is 20.7. The number of para-hydroxylation sites is 1. The molecule has 3 aromatic rings. The first-order valence-corrected chi connectivity index (χ1v) is 15.1. The van der Waals surface area contributed by atoms with Gasteiger partial charge in [0.2, 0.25) is 17.7 Å². The number of nitrogens with zero attached hydrogens (tertiary/aromatic N) is 1. The molecule has 3 N–H and O–H groups in total. The highest BCUT2D eigenvalue weighted by Crippen LogP contribution is 2.63. The Balaban J connectivity index is 1.38. The van der Waals surface area contributed by atoms with Crippen molar-refractivity contribution in [3.63, 3.8) is 0 Å². The molecule has 3 fully saturated rings. The van der Waals surface area contributed by atoms with Gasteiger partial charge in [-0.15, -0.1) is 0 Å². The van der Waals surface area contributed by atoms with Gasteiger partial charge in [0.05, 0.1) is 40.8 Å². The maximum Gasteiger partial charge on any atom is 0.250 e. The number of hydrogen-bond acceptors (Lipinski definition) is 5. The van der Waals surface area contributed by atoms with E-state index in [0.29, 0.717) is 36.5 Å². The van der Waals surface area contributed by atoms with E-state index in [4.69, 9.17) is 16.3 Å². The van der Waals surface area contributed by atoms with E-state index in [0.717, 1.165) is 16.7 Å². The third-order valence-corrected chi connectivity index (χ3v) is 9.76. The molecule has 9 heteroatoms. The number of likely N-dealkylation sites (tertiary alicyclic amines) is 1. The zero-order valence-electron chi connectivity index (χ0n) is 24.3. The quantitative estimate of drug-likeness (QED) is 0.340. The predicted molar refractivity (Wildman–Crippen MR) is 163 cm³/mol. The third kappa shape index (κ3) is 5.01. The largest absolute Gasteiger partial charge is 0.394 e. The number of anilines is 1. The molecular weight excluding hydrogens is 566 g/mol. The van der Waals surface area contributed by atoms with Gasteiger partial charge >= 0.3 is 0 Å². The van der Waals surface area contributed by atoms with Crippen LogP contribution in [0.3, 0.4) is 0 Å². The average molecular weight is 602 g/mol. The Morgan fingerprint density at radius 1 is 1.00 bits per heavy atom. The molecular formula is C34H36ClN3O5. The molecule has 224 valence electrons. The highest BCUT2D eigenvalue weighted by atomic mass is 35.5. The molecule has 8 nitrogen and oxygen atoms in total. The number of rotatable bonds is 9. The molecule has 43 heavy (non-hydrogen) atoms. The van der Waals surface area contributed by atoms with Gasteiger partial charge in [0.25, 0.3) is 0 Å². The summed E-state index contributed by atoms with van der Waals surface area (Å²) in [6, 6.07) is 22.7. The molecule has 0 aliphatic carbocycles. The number of ether oxygens (including phenoxy) is 1. The Morgan fingerprint density at radius 2 is 1.67 bits per heavy atom. The van der Waals surface area contributed by atoms with Crippen molar-refractivity contribution in [1.29, 1.82) is 0 Å². The van der Waals surface area contributed by atoms with Crippen LogP contribution in [0.1, 0.15) is 36.5 Å². The minimum absolute atomic E-state index is 0.280. The van der Waals surface area contributed by atoms with E-state index >= 15 is 0 Å². The van der Waals surface area contributed by atoms with E-state index in [1.165, 1.54) is 4.90 Å². The lowest BCUT2D eigenvalue weighted by molar-refractivity contribution is -0.148. The summed E-state index contributed by atoms with van der Waals surface area (Å²) in [5, 5.41) is 17.0. The third-order valence-electron chi connectivity index (χ3n) is 9.44. The Labute approximate surface area is 256 Å². The van der Waals surface area contributed by atoms with E-state index in [9.17, 15) is 19.5 Å². The Bertz CT molecular complexity index is 1520. The molecule has 3 amide bonds. The lowest BCUT2D eigenvalue weighted by Crippen LogP contribution is -2.57. The van der Waals surface area contributed by atoms with Crippen LogP contribution in [-0.2, 0) is 32.1 Å². The summed E-state index contributed by atoms with van der Waals surface area (Å²) in [5.74, 6) is -2.76. The van der Waals surface area contributed by atoms with Gasteiger partial charge in [-0.3, -0.25) is 14.4 Å². The number of halogens is 1. The van der Waals surface area contributed by atoms with Crippen LogP contribution in [-0.4, -0.2) is 57.6 Å². The summed E-state index contributed by atoms with van der Waals surface area (Å²) in [6.07, 6.45) is 1.29. The van der Waals surface area contributed by atoms with Crippen molar-refractivity contribution >= 4 is 35.0 Å². The van der Waals surface area contributed by atoms with Crippen LogP contribution in [0.4, 0.5) is 5.69 Å². The van der Waals surface area contributed by atoms with Crippen molar-refractivity contribution in [1.82, 2.24) is 10.2 Å². The maximum absolute atomic E-state index is 14.5. The Kier molecular flexibility index (Phi) is 7.79. The molecule has 3 heterocycles. The fourth-order valence-electron chi connectivity index (χ4n) is 7.47. The van der Waals surface area contributed by atoms with Gasteiger partial charge in [0.1, 0.15) is 11.6 Å². The molecule has 2 bridgehead atoms. The van der Waals surface area contributed by atoms with Gasteiger partial charge in [-0.25, -0.2) is 0 Å². The molecule has 0 aromatic heterocycles. The number of hydrogen-bond donors (Lipinski definition) is 3. The minimum atomic E-state index is -1.23. The second-order valence-electron chi connectivity index (χ2n) is 12.1. The number of nitrogens with one attached hydrogen (secondary N) is 2. The van der Waals surface area contributed by atoms with E-state index in [1.807, 2.05) is 80.6 Å². The van der Waals surface area contributed by atoms with Gasteiger partial charge < -0.3 is 25.4 Å². The lowest BCUT2D eigenvalue weighted by Gasteiger charge is -2.37. The van der Waals surface area contributed by atoms with Gasteiger partial charge in [-0.2, -0.15) is 0 Å². The van der Waals surface area contributed by atoms with Gasteiger partial charge in [-0.05, 0) is 55.9 Å². The smallest absolute Gasteiger partial charge is 0.250 e. The zero-order valence-corrected chi connectivity index (χ0v) is 25.0. The van der Waals surface area contributed by atoms with Gasteiger partial charge in [-0.1, -0.05) is 84.4 Å². The number of aliphatic hydroxyl groups is 1. The van der Waals surface area contributed by atoms with Crippen LogP contribution in [0.15, 0.2) is 78.9 Å². The number of aliphatic hydroxyl groups excluding tert-OH is 1. The highest BCUT2D eigenvalue weighted by molar-refractivity contribution is 6.34. The van der Waals surface area contributed by atoms with Crippen LogP contribution in [0.2, 0.25) is 5.02 Å². The number of carbonyl (C=O) groups excluding carboxylic acids is 3. The second kappa shape index (κ2) is 11.4. The average Bonchev–Trinajstić information content (AvgIpc) is 3.58. The minimum Gasteiger partial charge on any atom is -0.394 e. The van der Waals surface area contributed by atoms with E-state index in [-0.39, 0.29) is 18.4 Å². The van der Waals surface area contributed by atoms with Crippen molar-refractivity contribution in [3.8, 4) is 0 Å². The Morgan fingerprint density at radius 3 is 2.33 bits per heavy atom. The predicted octanol–water partition coefficient (Wildman–Crippen LogP) is 4.27. The van der Waals surface area contributed by atoms with Crippen molar-refractivity contribution in [3.05, 3.63) is 101 Å². The van der Waals surface area contributed by atoms with Crippen LogP contribution < -0.4 is 10.6 Å². The second-order valence-corrected chi connectivity index (χ2v) is 12.5. The fourth-order valence-corrected chi connectivity index (χ4v) is 7.74. The highest BCUT2D eigenvalue weighted by Gasteiger charge is 2.78. The number of carbonyl (C=O) groups is 3. The molecule has 2 unspecified atom stereocenters. The molecule has 3 aromatic carbocycles. The molecule has 0 radical (unpaired) electrons. The first-order valence-electron chi connectivity index (χ1n) is 14.7. The molecule has 3 saturated heterocycles. The van der Waals surface area contributed by atoms with Crippen molar-refractivity contribution in [2.24, 2.45) is 11.8 Å². The summed E-state index contributed by atoms with van der Waals surface area (Å²) < 4.78 is 6.74. The Hall–Kier alpha value is -3.72. The van der Waals surface area contributed by atoms with Gasteiger partial charge in [0, 0.05) is 6.54 Å². The summed E-state index contributed by atoms with van der Waals surface area (Å²) in [7, 11) is 0. The van der Waals surface area contributed by atoms with Crippen LogP contribution >= 0.6 is 11.6 Å². The number of fused-ring (bicyclic) bond motifs is 1. The van der Waals surface area contributed by atoms with Crippen molar-refractivity contribution in [2.45, 2.75) is 62.9 Å². The van der Waals surface area contributed by atoms with E-state index in [2.05, 4.69) is 10.6 Å². The molecule has 3 aliphatic rings. The zero-order chi connectivity index (χ0) is 30.4. The molecule has 0 saturated carbocycles. The lowest BCUT2D eigenvalue weighted by atomic mass is 9.66. The molecule has 1 spiro atoms. The first kappa shape index (κ1) is 29.4. The number of aryl methyl sites for hydroxylation is 1. The van der Waals surface area contributed by atoms with Crippen molar-refractivity contribution in [2.75, 3.05) is 11.9 Å². The van der Waals surface area contributed by atoms with Gasteiger partial charge in [0.15, 0.2) is 0 Å². The summed E-state index contributed by atoms with van der Waals surface area (Å²) in [5.41, 5.74) is 0.940. The fraction of sp³-hybridized carbons (Fsp3) is 0.382. The van der Waals surface area contributed by atoms with E-state index < -0.39 is 41.0 Å². The maximum atomic E-state index is 14.5. The summed E-state index contributed by atoms with van der Waals surface area (Å²) >= 11 is 6.48.